The van der Waals surface area contributed by atoms with Crippen LogP contribution in [0.3, 0.4) is 0 Å². The third kappa shape index (κ3) is 4.21. The van der Waals surface area contributed by atoms with Crippen molar-refractivity contribution in [1.82, 2.24) is 5.32 Å². The minimum atomic E-state index is -0.699. The maximum Gasteiger partial charge on any atom is 0.115 e. The van der Waals surface area contributed by atoms with E-state index in [0.29, 0.717) is 5.75 Å². The molecular weight excluding hydrogens is 202 g/mol. The Bertz CT molecular complexity index is 314. The third-order valence-corrected chi connectivity index (χ3v) is 2.86. The van der Waals surface area contributed by atoms with E-state index < -0.39 is 5.60 Å². The minimum absolute atomic E-state index is 0.0598. The summed E-state index contributed by atoms with van der Waals surface area (Å²) in [7, 11) is 0. The molecule has 0 aliphatic carbocycles. The van der Waals surface area contributed by atoms with Crippen molar-refractivity contribution in [3.63, 3.8) is 0 Å². The summed E-state index contributed by atoms with van der Waals surface area (Å²) in [5.74, 6) is 0.293. The lowest BCUT2D eigenvalue weighted by Crippen LogP contribution is -2.45. The summed E-state index contributed by atoms with van der Waals surface area (Å²) < 4.78 is 0. The molecule has 1 aromatic rings. The molecule has 16 heavy (non-hydrogen) atoms. The lowest BCUT2D eigenvalue weighted by molar-refractivity contribution is 0.0446. The third-order valence-electron chi connectivity index (χ3n) is 2.86. The Hall–Kier alpha value is -1.06. The summed E-state index contributed by atoms with van der Waals surface area (Å²) in [4.78, 5) is 0. The molecule has 0 fully saturated rings. The van der Waals surface area contributed by atoms with Gasteiger partial charge in [0.15, 0.2) is 0 Å². The number of hydrogen-bond acceptors (Lipinski definition) is 3. The van der Waals surface area contributed by atoms with E-state index in [2.05, 4.69) is 5.32 Å². The first-order chi connectivity index (χ1) is 7.39. The van der Waals surface area contributed by atoms with Gasteiger partial charge in [0.05, 0.1) is 5.60 Å². The Morgan fingerprint density at radius 1 is 1.25 bits per heavy atom. The predicted octanol–water partition coefficient (Wildman–Crippen LogP) is 1.68. The Balaban J connectivity index is 2.33. The van der Waals surface area contributed by atoms with Crippen molar-refractivity contribution < 1.29 is 10.2 Å². The van der Waals surface area contributed by atoms with Crippen molar-refractivity contribution in [3.05, 3.63) is 29.8 Å². The average Bonchev–Trinajstić information content (AvgIpc) is 2.19. The molecule has 0 aliphatic rings. The van der Waals surface area contributed by atoms with Gasteiger partial charge < -0.3 is 15.5 Å². The average molecular weight is 223 g/mol. The number of phenolic OH excluding ortho intramolecular Hbond substituents is 1. The van der Waals surface area contributed by atoms with Crippen molar-refractivity contribution in [2.45, 2.75) is 38.8 Å². The fourth-order valence-electron chi connectivity index (χ4n) is 1.35. The zero-order valence-electron chi connectivity index (χ0n) is 10.2. The maximum absolute atomic E-state index is 9.72. The van der Waals surface area contributed by atoms with E-state index in [4.69, 9.17) is 5.11 Å². The number of benzene rings is 1. The molecule has 0 heterocycles. The minimum Gasteiger partial charge on any atom is -0.508 e. The number of aliphatic hydroxyl groups is 1. The molecule has 0 spiro atoms. The molecule has 0 radical (unpaired) electrons. The second-order valence-corrected chi connectivity index (χ2v) is 4.75. The lowest BCUT2D eigenvalue weighted by Gasteiger charge is -2.26. The molecule has 1 aromatic carbocycles. The summed E-state index contributed by atoms with van der Waals surface area (Å²) in [5, 5.41) is 22.1. The first-order valence-electron chi connectivity index (χ1n) is 5.63. The highest BCUT2D eigenvalue weighted by atomic mass is 16.3. The van der Waals surface area contributed by atoms with Crippen LogP contribution >= 0.6 is 0 Å². The molecule has 1 unspecified atom stereocenters. The van der Waals surface area contributed by atoms with Crippen LogP contribution in [0.2, 0.25) is 0 Å². The van der Waals surface area contributed by atoms with Crippen LogP contribution in [0.25, 0.3) is 0 Å². The van der Waals surface area contributed by atoms with E-state index in [1.165, 1.54) is 5.56 Å². The van der Waals surface area contributed by atoms with Crippen molar-refractivity contribution in [3.8, 4) is 5.75 Å². The van der Waals surface area contributed by atoms with Gasteiger partial charge in [0.2, 0.25) is 0 Å². The van der Waals surface area contributed by atoms with Crippen molar-refractivity contribution in [2.75, 3.05) is 6.54 Å². The van der Waals surface area contributed by atoms with E-state index in [0.717, 1.165) is 13.0 Å². The molecule has 0 saturated heterocycles. The van der Waals surface area contributed by atoms with Crippen LogP contribution in [0.15, 0.2) is 24.3 Å². The van der Waals surface area contributed by atoms with Gasteiger partial charge in [0.25, 0.3) is 0 Å². The second-order valence-electron chi connectivity index (χ2n) is 4.75. The molecule has 0 bridgehead atoms. The second kappa shape index (κ2) is 5.32. The van der Waals surface area contributed by atoms with Gasteiger partial charge in [-0.2, -0.15) is 0 Å². The van der Waals surface area contributed by atoms with E-state index in [-0.39, 0.29) is 6.04 Å². The maximum atomic E-state index is 9.72. The largest absolute Gasteiger partial charge is 0.508 e. The molecule has 0 saturated carbocycles. The zero-order valence-corrected chi connectivity index (χ0v) is 10.2. The summed E-state index contributed by atoms with van der Waals surface area (Å²) in [6.45, 7) is 6.38. The van der Waals surface area contributed by atoms with E-state index in [1.807, 2.05) is 19.1 Å². The van der Waals surface area contributed by atoms with Gasteiger partial charge >= 0.3 is 0 Å². The fraction of sp³-hybridized carbons (Fsp3) is 0.538. The Labute approximate surface area is 97.1 Å². The highest BCUT2D eigenvalue weighted by molar-refractivity contribution is 5.25. The van der Waals surface area contributed by atoms with Gasteiger partial charge in [-0.1, -0.05) is 12.1 Å². The number of rotatable bonds is 5. The highest BCUT2D eigenvalue weighted by Gasteiger charge is 2.20. The SMILES string of the molecule is CC(NCCc1ccc(O)cc1)C(C)(C)O. The van der Waals surface area contributed by atoms with Crippen LogP contribution < -0.4 is 5.32 Å². The van der Waals surface area contributed by atoms with Gasteiger partial charge in [0, 0.05) is 6.04 Å². The van der Waals surface area contributed by atoms with Crippen LogP contribution in [-0.4, -0.2) is 28.4 Å². The number of phenols is 1. The van der Waals surface area contributed by atoms with Crippen LogP contribution in [0.1, 0.15) is 26.3 Å². The van der Waals surface area contributed by atoms with Gasteiger partial charge in [-0.3, -0.25) is 0 Å². The zero-order chi connectivity index (χ0) is 12.2. The Morgan fingerprint density at radius 3 is 2.31 bits per heavy atom. The molecular formula is C13H21NO2. The summed E-state index contributed by atoms with van der Waals surface area (Å²) in [6.07, 6.45) is 0.890. The predicted molar refractivity (Wildman–Crippen MR) is 65.6 cm³/mol. The summed E-state index contributed by atoms with van der Waals surface area (Å²) >= 11 is 0. The van der Waals surface area contributed by atoms with Crippen LogP contribution in [0, 0.1) is 0 Å². The fourth-order valence-corrected chi connectivity index (χ4v) is 1.35. The van der Waals surface area contributed by atoms with Crippen LogP contribution in [-0.2, 0) is 6.42 Å². The highest BCUT2D eigenvalue weighted by Crippen LogP contribution is 2.10. The number of nitrogens with one attached hydrogen (secondary N) is 1. The van der Waals surface area contributed by atoms with E-state index in [1.54, 1.807) is 26.0 Å². The molecule has 3 heteroatoms. The lowest BCUT2D eigenvalue weighted by atomic mass is 10.0. The monoisotopic (exact) mass is 223 g/mol. The van der Waals surface area contributed by atoms with E-state index in [9.17, 15) is 5.11 Å². The first kappa shape index (κ1) is 13.0. The van der Waals surface area contributed by atoms with Gasteiger partial charge in [-0.05, 0) is 51.4 Å². The Kier molecular flexibility index (Phi) is 4.33. The number of aromatic hydroxyl groups is 1. The van der Waals surface area contributed by atoms with Crippen LogP contribution in [0.5, 0.6) is 5.75 Å². The van der Waals surface area contributed by atoms with Crippen molar-refractivity contribution in [2.24, 2.45) is 0 Å². The molecule has 1 atom stereocenters. The van der Waals surface area contributed by atoms with Gasteiger partial charge in [0.1, 0.15) is 5.75 Å². The Morgan fingerprint density at radius 2 is 1.81 bits per heavy atom. The van der Waals surface area contributed by atoms with Crippen LogP contribution in [0.4, 0.5) is 0 Å². The van der Waals surface area contributed by atoms with E-state index >= 15 is 0 Å². The van der Waals surface area contributed by atoms with Crippen molar-refractivity contribution in [1.29, 1.82) is 0 Å². The molecule has 0 aliphatic heterocycles. The standard InChI is InChI=1S/C13H21NO2/c1-10(13(2,3)16)14-9-8-11-4-6-12(15)7-5-11/h4-7,10,14-16H,8-9H2,1-3H3. The summed E-state index contributed by atoms with van der Waals surface area (Å²) in [5.41, 5.74) is 0.475. The molecule has 3 nitrogen and oxygen atoms in total. The van der Waals surface area contributed by atoms with Gasteiger partial charge in [-0.15, -0.1) is 0 Å². The molecule has 3 N–H and O–H groups in total. The van der Waals surface area contributed by atoms with Crippen molar-refractivity contribution >= 4 is 0 Å². The molecule has 0 amide bonds. The summed E-state index contributed by atoms with van der Waals surface area (Å²) in [6, 6.07) is 7.26. The first-order valence-corrected chi connectivity index (χ1v) is 5.63. The number of hydrogen-bond donors (Lipinski definition) is 3. The molecule has 0 aromatic heterocycles. The molecule has 1 rings (SSSR count). The topological polar surface area (TPSA) is 52.5 Å². The smallest absolute Gasteiger partial charge is 0.115 e. The van der Waals surface area contributed by atoms with Gasteiger partial charge in [-0.25, -0.2) is 0 Å². The molecule has 90 valence electrons. The normalized spacial score (nSPS) is 13.8. The quantitative estimate of drug-likeness (QED) is 0.712.